The molecule has 0 saturated carbocycles. The Labute approximate surface area is 77.7 Å². The molecule has 1 aromatic carbocycles. The Hall–Kier alpha value is -1.10. The van der Waals surface area contributed by atoms with Crippen LogP contribution in [0.2, 0.25) is 0 Å². The zero-order chi connectivity index (χ0) is 9.30. The number of anilines is 1. The molecule has 0 aliphatic heterocycles. The topological polar surface area (TPSA) is 69.2 Å². The standard InChI is InChI=1S/C7H7BrN2O2/c1-4-2-5(9)3-6(8)7(4)10(11)12/h2-3H,9H2,1H3. The van der Waals surface area contributed by atoms with Crippen molar-refractivity contribution in [1.82, 2.24) is 0 Å². The first-order valence-electron chi connectivity index (χ1n) is 3.22. The zero-order valence-electron chi connectivity index (χ0n) is 6.37. The van der Waals surface area contributed by atoms with E-state index >= 15 is 0 Å². The number of hydrogen-bond acceptors (Lipinski definition) is 3. The zero-order valence-corrected chi connectivity index (χ0v) is 7.96. The molecule has 0 radical (unpaired) electrons. The molecule has 2 N–H and O–H groups in total. The second-order valence-electron chi connectivity index (χ2n) is 2.43. The Balaban J connectivity index is 3.38. The van der Waals surface area contributed by atoms with Crippen molar-refractivity contribution in [3.05, 3.63) is 32.3 Å². The Bertz CT molecular complexity index is 315. The molecular weight excluding hydrogens is 224 g/mol. The van der Waals surface area contributed by atoms with Crippen molar-refractivity contribution in [3.63, 3.8) is 0 Å². The van der Waals surface area contributed by atoms with E-state index in [1.807, 2.05) is 0 Å². The van der Waals surface area contributed by atoms with Gasteiger partial charge in [0.25, 0.3) is 5.69 Å². The molecule has 0 aliphatic carbocycles. The highest BCUT2D eigenvalue weighted by Gasteiger charge is 2.15. The first kappa shape index (κ1) is 8.99. The molecule has 0 amide bonds. The average molecular weight is 231 g/mol. The van der Waals surface area contributed by atoms with E-state index in [1.165, 1.54) is 6.07 Å². The van der Waals surface area contributed by atoms with Crippen molar-refractivity contribution in [2.75, 3.05) is 5.73 Å². The highest BCUT2D eigenvalue weighted by atomic mass is 79.9. The van der Waals surface area contributed by atoms with Gasteiger partial charge in [0.2, 0.25) is 0 Å². The quantitative estimate of drug-likeness (QED) is 0.457. The molecule has 0 aliphatic rings. The van der Waals surface area contributed by atoms with Crippen LogP contribution in [-0.2, 0) is 0 Å². The van der Waals surface area contributed by atoms with E-state index in [2.05, 4.69) is 15.9 Å². The summed E-state index contributed by atoms with van der Waals surface area (Å²) in [4.78, 5) is 10.1. The predicted molar refractivity (Wildman–Crippen MR) is 49.9 cm³/mol. The number of nitro groups is 1. The van der Waals surface area contributed by atoms with Crippen molar-refractivity contribution in [1.29, 1.82) is 0 Å². The van der Waals surface area contributed by atoms with E-state index in [4.69, 9.17) is 5.73 Å². The molecule has 0 bridgehead atoms. The number of halogens is 1. The van der Waals surface area contributed by atoms with Crippen LogP contribution >= 0.6 is 15.9 Å². The molecule has 0 heterocycles. The number of benzene rings is 1. The number of nitrogens with two attached hydrogens (primary N) is 1. The lowest BCUT2D eigenvalue weighted by molar-refractivity contribution is -0.386. The van der Waals surface area contributed by atoms with Gasteiger partial charge >= 0.3 is 0 Å². The van der Waals surface area contributed by atoms with Gasteiger partial charge in [-0.15, -0.1) is 0 Å². The molecular formula is C7H7BrN2O2. The number of aryl methyl sites for hydroxylation is 1. The average Bonchev–Trinajstić information content (AvgIpc) is 1.82. The molecule has 0 fully saturated rings. The predicted octanol–water partition coefficient (Wildman–Crippen LogP) is 2.25. The molecule has 0 atom stereocenters. The third kappa shape index (κ3) is 1.55. The second kappa shape index (κ2) is 3.10. The summed E-state index contributed by atoms with van der Waals surface area (Å²) in [5.41, 5.74) is 6.63. The lowest BCUT2D eigenvalue weighted by Gasteiger charge is -2.00. The molecule has 64 valence electrons. The fraction of sp³-hybridized carbons (Fsp3) is 0.143. The summed E-state index contributed by atoms with van der Waals surface area (Å²) >= 11 is 3.08. The monoisotopic (exact) mass is 230 g/mol. The fourth-order valence-electron chi connectivity index (χ4n) is 0.994. The molecule has 0 spiro atoms. The summed E-state index contributed by atoms with van der Waals surface area (Å²) in [6, 6.07) is 3.09. The van der Waals surface area contributed by atoms with E-state index in [9.17, 15) is 10.1 Å². The molecule has 12 heavy (non-hydrogen) atoms. The van der Waals surface area contributed by atoms with Crippen molar-refractivity contribution in [3.8, 4) is 0 Å². The van der Waals surface area contributed by atoms with Crippen molar-refractivity contribution in [2.45, 2.75) is 6.92 Å². The molecule has 1 rings (SSSR count). The Morgan fingerprint density at radius 3 is 2.58 bits per heavy atom. The molecule has 0 saturated heterocycles. The lowest BCUT2D eigenvalue weighted by atomic mass is 10.2. The summed E-state index contributed by atoms with van der Waals surface area (Å²) < 4.78 is 0.421. The lowest BCUT2D eigenvalue weighted by Crippen LogP contribution is -1.95. The summed E-state index contributed by atoms with van der Waals surface area (Å²) in [6.45, 7) is 1.65. The van der Waals surface area contributed by atoms with Crippen LogP contribution in [0.4, 0.5) is 11.4 Å². The van der Waals surface area contributed by atoms with E-state index in [-0.39, 0.29) is 5.69 Å². The van der Waals surface area contributed by atoms with Gasteiger partial charge in [-0.25, -0.2) is 0 Å². The first-order valence-corrected chi connectivity index (χ1v) is 4.01. The molecule has 5 heteroatoms. The maximum Gasteiger partial charge on any atom is 0.286 e. The minimum atomic E-state index is -0.432. The maximum atomic E-state index is 10.5. The smallest absolute Gasteiger partial charge is 0.286 e. The summed E-state index contributed by atoms with van der Waals surface area (Å²) in [7, 11) is 0. The molecule has 0 aromatic heterocycles. The van der Waals surface area contributed by atoms with Crippen molar-refractivity contribution in [2.24, 2.45) is 0 Å². The fourth-order valence-corrected chi connectivity index (χ4v) is 1.72. The van der Waals surface area contributed by atoms with Gasteiger partial charge in [0.15, 0.2) is 0 Å². The maximum absolute atomic E-state index is 10.5. The highest BCUT2D eigenvalue weighted by Crippen LogP contribution is 2.30. The van der Waals surface area contributed by atoms with Crippen LogP contribution in [0.15, 0.2) is 16.6 Å². The highest BCUT2D eigenvalue weighted by molar-refractivity contribution is 9.10. The first-order chi connectivity index (χ1) is 5.52. The van der Waals surface area contributed by atoms with Crippen LogP contribution in [0.25, 0.3) is 0 Å². The largest absolute Gasteiger partial charge is 0.399 e. The van der Waals surface area contributed by atoms with Crippen LogP contribution in [0.3, 0.4) is 0 Å². The van der Waals surface area contributed by atoms with Gasteiger partial charge in [0, 0.05) is 11.3 Å². The number of nitrogens with zero attached hydrogens (tertiary/aromatic N) is 1. The van der Waals surface area contributed by atoms with Gasteiger partial charge in [-0.1, -0.05) is 0 Å². The number of hydrogen-bond donors (Lipinski definition) is 1. The van der Waals surface area contributed by atoms with Gasteiger partial charge in [-0.3, -0.25) is 10.1 Å². The minimum absolute atomic E-state index is 0.0733. The van der Waals surface area contributed by atoms with Crippen molar-refractivity contribution >= 4 is 27.3 Å². The van der Waals surface area contributed by atoms with E-state index < -0.39 is 4.92 Å². The molecule has 0 unspecified atom stereocenters. The van der Waals surface area contributed by atoms with Gasteiger partial charge in [-0.05, 0) is 35.0 Å². The Morgan fingerprint density at radius 2 is 2.17 bits per heavy atom. The van der Waals surface area contributed by atoms with E-state index in [0.717, 1.165) is 0 Å². The van der Waals surface area contributed by atoms with E-state index in [1.54, 1.807) is 13.0 Å². The van der Waals surface area contributed by atoms with Gasteiger partial charge < -0.3 is 5.73 Å². The van der Waals surface area contributed by atoms with Gasteiger partial charge in [0.05, 0.1) is 9.40 Å². The van der Waals surface area contributed by atoms with Crippen LogP contribution in [0.5, 0.6) is 0 Å². The van der Waals surface area contributed by atoms with Gasteiger partial charge in [-0.2, -0.15) is 0 Å². The third-order valence-corrected chi connectivity index (χ3v) is 2.06. The van der Waals surface area contributed by atoms with Crippen molar-refractivity contribution < 1.29 is 4.92 Å². The summed E-state index contributed by atoms with van der Waals surface area (Å²) in [5, 5.41) is 10.5. The van der Waals surface area contributed by atoms with Crippen LogP contribution < -0.4 is 5.73 Å². The SMILES string of the molecule is Cc1cc(N)cc(Br)c1[N+](=O)[O-]. The van der Waals surface area contributed by atoms with Crippen LogP contribution in [0, 0.1) is 17.0 Å². The number of nitro benzene ring substituents is 1. The Kier molecular flexibility index (Phi) is 2.32. The molecule has 1 aromatic rings. The normalized spacial score (nSPS) is 9.83. The van der Waals surface area contributed by atoms with Gasteiger partial charge in [0.1, 0.15) is 0 Å². The molecule has 4 nitrogen and oxygen atoms in total. The van der Waals surface area contributed by atoms with E-state index in [0.29, 0.717) is 15.7 Å². The number of rotatable bonds is 1. The summed E-state index contributed by atoms with van der Waals surface area (Å²) in [6.07, 6.45) is 0. The third-order valence-electron chi connectivity index (χ3n) is 1.46. The van der Waals surface area contributed by atoms with Crippen LogP contribution in [0.1, 0.15) is 5.56 Å². The second-order valence-corrected chi connectivity index (χ2v) is 3.28. The minimum Gasteiger partial charge on any atom is -0.399 e. The van der Waals surface area contributed by atoms with Crippen LogP contribution in [-0.4, -0.2) is 4.92 Å². The summed E-state index contributed by atoms with van der Waals surface area (Å²) in [5.74, 6) is 0. The number of nitrogen functional groups attached to an aromatic ring is 1. The Morgan fingerprint density at radius 1 is 1.58 bits per heavy atom.